The summed E-state index contributed by atoms with van der Waals surface area (Å²) in [6.45, 7) is 7.75. The largest absolute Gasteiger partial charge is 0.493 e. The molecule has 0 spiro atoms. The van der Waals surface area contributed by atoms with Gasteiger partial charge < -0.3 is 24.2 Å². The van der Waals surface area contributed by atoms with Gasteiger partial charge in [0, 0.05) is 43.8 Å². The minimum atomic E-state index is -0.308. The lowest BCUT2D eigenvalue weighted by atomic mass is 10.0. The van der Waals surface area contributed by atoms with Crippen LogP contribution in [0, 0.1) is 5.92 Å². The lowest BCUT2D eigenvalue weighted by Crippen LogP contribution is -2.51. The molecule has 0 aromatic heterocycles. The summed E-state index contributed by atoms with van der Waals surface area (Å²) >= 11 is 6.36. The van der Waals surface area contributed by atoms with Crippen molar-refractivity contribution in [2.75, 3.05) is 19.7 Å². The summed E-state index contributed by atoms with van der Waals surface area (Å²) in [7, 11) is 0. The van der Waals surface area contributed by atoms with E-state index in [0.717, 1.165) is 28.0 Å². The van der Waals surface area contributed by atoms with Crippen LogP contribution in [0.1, 0.15) is 48.9 Å². The minimum Gasteiger partial charge on any atom is -0.493 e. The van der Waals surface area contributed by atoms with Crippen molar-refractivity contribution < 1.29 is 19.1 Å². The zero-order valence-electron chi connectivity index (χ0n) is 23.8. The van der Waals surface area contributed by atoms with Crippen LogP contribution in [0.4, 0.5) is 9.59 Å². The third kappa shape index (κ3) is 7.53. The maximum Gasteiger partial charge on any atom is 0.410 e. The number of amides is 3. The Morgan fingerprint density at radius 2 is 1.66 bits per heavy atom. The van der Waals surface area contributed by atoms with Gasteiger partial charge in [0.25, 0.3) is 0 Å². The number of nitrogens with zero attached hydrogens (tertiary/aromatic N) is 3. The molecule has 216 valence electrons. The molecule has 0 radical (unpaired) electrons. The molecule has 2 aliphatic heterocycles. The van der Waals surface area contributed by atoms with E-state index in [1.165, 1.54) is 0 Å². The Morgan fingerprint density at radius 3 is 2.37 bits per heavy atom. The van der Waals surface area contributed by atoms with Gasteiger partial charge in [-0.2, -0.15) is 0 Å². The van der Waals surface area contributed by atoms with Crippen molar-refractivity contribution in [3.8, 4) is 5.75 Å². The number of likely N-dealkylation sites (tertiary alicyclic amines) is 1. The maximum absolute atomic E-state index is 14.0. The lowest BCUT2D eigenvalue weighted by molar-refractivity contribution is 0.0674. The summed E-state index contributed by atoms with van der Waals surface area (Å²) in [5.74, 6) is 1.28. The summed E-state index contributed by atoms with van der Waals surface area (Å²) in [6.07, 6.45) is 1.09. The minimum absolute atomic E-state index is 0.00237. The van der Waals surface area contributed by atoms with Gasteiger partial charge in [-0.3, -0.25) is 0 Å². The van der Waals surface area contributed by atoms with Gasteiger partial charge in [-0.05, 0) is 65.3 Å². The second kappa shape index (κ2) is 13.3. The number of piperidine rings is 1. The van der Waals surface area contributed by atoms with Gasteiger partial charge in [-0.1, -0.05) is 74.0 Å². The van der Waals surface area contributed by atoms with Crippen molar-refractivity contribution in [3.63, 3.8) is 0 Å². The average molecular weight is 576 g/mol. The average Bonchev–Trinajstić information content (AvgIpc) is 3.12. The molecule has 5 rings (SSSR count). The predicted octanol–water partition coefficient (Wildman–Crippen LogP) is 7.11. The molecule has 8 heteroatoms. The third-order valence-electron chi connectivity index (χ3n) is 7.64. The third-order valence-corrected chi connectivity index (χ3v) is 7.87. The first kappa shape index (κ1) is 28.8. The number of rotatable bonds is 8. The van der Waals surface area contributed by atoms with Crippen LogP contribution in [0.15, 0.2) is 72.8 Å². The molecular formula is C33H38ClN3O4. The summed E-state index contributed by atoms with van der Waals surface area (Å²) in [5, 5.41) is 0.665. The van der Waals surface area contributed by atoms with Gasteiger partial charge in [0.2, 0.25) is 0 Å². The normalized spacial score (nSPS) is 16.0. The van der Waals surface area contributed by atoms with E-state index < -0.39 is 0 Å². The summed E-state index contributed by atoms with van der Waals surface area (Å²) in [4.78, 5) is 32.3. The summed E-state index contributed by atoms with van der Waals surface area (Å²) < 4.78 is 11.4. The van der Waals surface area contributed by atoms with Crippen LogP contribution in [0.2, 0.25) is 5.02 Å². The van der Waals surface area contributed by atoms with Gasteiger partial charge in [0.1, 0.15) is 12.4 Å². The molecule has 41 heavy (non-hydrogen) atoms. The Bertz CT molecular complexity index is 1320. The number of hydrogen-bond donors (Lipinski definition) is 0. The van der Waals surface area contributed by atoms with E-state index in [2.05, 4.69) is 13.8 Å². The van der Waals surface area contributed by atoms with Gasteiger partial charge in [0.05, 0.1) is 6.61 Å². The van der Waals surface area contributed by atoms with E-state index in [0.29, 0.717) is 63.1 Å². The van der Waals surface area contributed by atoms with Gasteiger partial charge in [-0.25, -0.2) is 9.59 Å². The van der Waals surface area contributed by atoms with Crippen LogP contribution < -0.4 is 4.74 Å². The van der Waals surface area contributed by atoms with Crippen LogP contribution in [0.3, 0.4) is 0 Å². The number of carbonyl (C=O) groups excluding carboxylic acids is 2. The van der Waals surface area contributed by atoms with Crippen molar-refractivity contribution in [1.82, 2.24) is 14.7 Å². The van der Waals surface area contributed by atoms with Gasteiger partial charge in [-0.15, -0.1) is 0 Å². The van der Waals surface area contributed by atoms with Crippen LogP contribution >= 0.6 is 11.6 Å². The van der Waals surface area contributed by atoms with Gasteiger partial charge >= 0.3 is 12.1 Å². The molecule has 0 unspecified atom stereocenters. The number of fused-ring (bicyclic) bond motifs is 1. The van der Waals surface area contributed by atoms with Gasteiger partial charge in [0.15, 0.2) is 0 Å². The molecule has 1 fully saturated rings. The molecule has 0 aliphatic carbocycles. The standard InChI is InChI=1S/C33H38ClN3O4/c1-24(2)22-40-31-12-8-25(9-13-31)19-36-20-28-18-29(34)11-10-27(28)21-37(32(36)38)30-14-16-35(17-15-30)33(39)41-23-26-6-4-3-5-7-26/h3-13,18,24,30H,14-17,19-23H2,1-2H3. The predicted molar refractivity (Wildman–Crippen MR) is 160 cm³/mol. The molecule has 0 bridgehead atoms. The van der Waals surface area contributed by atoms with Crippen LogP contribution in [-0.4, -0.2) is 52.6 Å². The van der Waals surface area contributed by atoms with Crippen molar-refractivity contribution in [2.24, 2.45) is 5.92 Å². The summed E-state index contributed by atoms with van der Waals surface area (Å²) in [5.41, 5.74) is 4.17. The highest BCUT2D eigenvalue weighted by Gasteiger charge is 2.35. The molecule has 2 aliphatic rings. The SMILES string of the molecule is CC(C)COc1ccc(CN2Cc3cc(Cl)ccc3CN(C3CCN(C(=O)OCc4ccccc4)CC3)C2=O)cc1. The Balaban J connectivity index is 1.25. The lowest BCUT2D eigenvalue weighted by Gasteiger charge is -2.39. The topological polar surface area (TPSA) is 62.3 Å². The maximum atomic E-state index is 14.0. The molecule has 0 N–H and O–H groups in total. The van der Waals surface area contributed by atoms with E-state index in [9.17, 15) is 9.59 Å². The molecule has 1 saturated heterocycles. The number of carbonyl (C=O) groups is 2. The van der Waals surface area contributed by atoms with E-state index >= 15 is 0 Å². The van der Waals surface area contributed by atoms with Crippen molar-refractivity contribution in [2.45, 2.75) is 59.0 Å². The highest BCUT2D eigenvalue weighted by molar-refractivity contribution is 6.30. The van der Waals surface area contributed by atoms with E-state index in [1.807, 2.05) is 82.6 Å². The number of urea groups is 1. The Labute approximate surface area is 247 Å². The number of benzene rings is 3. The van der Waals surface area contributed by atoms with Crippen molar-refractivity contribution in [3.05, 3.63) is 100 Å². The zero-order valence-corrected chi connectivity index (χ0v) is 24.6. The van der Waals surface area contributed by atoms with E-state index in [4.69, 9.17) is 21.1 Å². The molecule has 0 saturated carbocycles. The monoisotopic (exact) mass is 575 g/mol. The molecule has 2 heterocycles. The fourth-order valence-electron chi connectivity index (χ4n) is 5.36. The quantitative estimate of drug-likeness (QED) is 0.287. The first-order chi connectivity index (χ1) is 19.9. The first-order valence-corrected chi connectivity index (χ1v) is 14.7. The fourth-order valence-corrected chi connectivity index (χ4v) is 5.55. The second-order valence-corrected chi connectivity index (χ2v) is 11.7. The molecule has 7 nitrogen and oxygen atoms in total. The van der Waals surface area contributed by atoms with E-state index in [1.54, 1.807) is 4.90 Å². The smallest absolute Gasteiger partial charge is 0.410 e. The molecule has 3 amide bonds. The molecule has 3 aromatic carbocycles. The molecule has 3 aromatic rings. The zero-order chi connectivity index (χ0) is 28.8. The molecule has 0 atom stereocenters. The highest BCUT2D eigenvalue weighted by atomic mass is 35.5. The highest BCUT2D eigenvalue weighted by Crippen LogP contribution is 2.29. The van der Waals surface area contributed by atoms with Crippen molar-refractivity contribution >= 4 is 23.7 Å². The number of hydrogen-bond acceptors (Lipinski definition) is 4. The van der Waals surface area contributed by atoms with Crippen molar-refractivity contribution in [1.29, 1.82) is 0 Å². The Kier molecular flexibility index (Phi) is 9.35. The van der Waals surface area contributed by atoms with E-state index in [-0.39, 0.29) is 24.8 Å². The Hall–Kier alpha value is -3.71. The van der Waals surface area contributed by atoms with Crippen LogP contribution in [-0.2, 0) is 31.0 Å². The Morgan fingerprint density at radius 1 is 0.927 bits per heavy atom. The summed E-state index contributed by atoms with van der Waals surface area (Å²) in [6, 6.07) is 23.6. The number of halogens is 1. The van der Waals surface area contributed by atoms with Crippen LogP contribution in [0.5, 0.6) is 5.75 Å². The number of ether oxygens (including phenoxy) is 2. The fraction of sp³-hybridized carbons (Fsp3) is 0.394. The molecular weight excluding hydrogens is 538 g/mol. The first-order valence-electron chi connectivity index (χ1n) is 14.4. The van der Waals surface area contributed by atoms with Crippen LogP contribution in [0.25, 0.3) is 0 Å². The second-order valence-electron chi connectivity index (χ2n) is 11.3.